The Bertz CT molecular complexity index is 1350. The molecular formula is C26H21Cl2N3O2. The summed E-state index contributed by atoms with van der Waals surface area (Å²) in [5, 5.41) is 0.995. The van der Waals surface area contributed by atoms with Gasteiger partial charge in [0.05, 0.1) is 26.6 Å². The molecule has 7 heteroatoms. The lowest BCUT2D eigenvalue weighted by Crippen LogP contribution is -2.28. The molecule has 1 saturated heterocycles. The number of H-pyrrole nitrogens is 1. The van der Waals surface area contributed by atoms with Gasteiger partial charge in [-0.3, -0.25) is 9.59 Å². The van der Waals surface area contributed by atoms with Gasteiger partial charge in [0.1, 0.15) is 5.82 Å². The van der Waals surface area contributed by atoms with Gasteiger partial charge < -0.3 is 9.88 Å². The van der Waals surface area contributed by atoms with Crippen molar-refractivity contribution in [2.45, 2.75) is 19.3 Å². The van der Waals surface area contributed by atoms with Crippen LogP contribution in [0, 0.1) is 0 Å². The largest absolute Gasteiger partial charge is 0.339 e. The van der Waals surface area contributed by atoms with E-state index in [9.17, 15) is 9.59 Å². The highest BCUT2D eigenvalue weighted by atomic mass is 35.5. The second-order valence-corrected chi connectivity index (χ2v) is 8.98. The molecule has 166 valence electrons. The maximum Gasteiger partial charge on any atom is 0.254 e. The summed E-state index contributed by atoms with van der Waals surface area (Å²) in [4.78, 5) is 35.7. The number of halogens is 2. The number of rotatable bonds is 5. The molecule has 2 heterocycles. The van der Waals surface area contributed by atoms with Gasteiger partial charge in [0.2, 0.25) is 0 Å². The molecule has 3 aromatic carbocycles. The maximum absolute atomic E-state index is 13.1. The van der Waals surface area contributed by atoms with E-state index in [4.69, 9.17) is 23.2 Å². The number of Topliss-reactive ketones (excluding diaryl/α,β-unsaturated/α-hetero) is 1. The molecule has 0 atom stereocenters. The van der Waals surface area contributed by atoms with Gasteiger partial charge >= 0.3 is 0 Å². The highest BCUT2D eigenvalue weighted by Gasteiger charge is 2.23. The van der Waals surface area contributed by atoms with Crippen LogP contribution in [0.1, 0.15) is 39.1 Å². The number of ketones is 1. The topological polar surface area (TPSA) is 66.1 Å². The zero-order valence-corrected chi connectivity index (χ0v) is 19.3. The molecular weight excluding hydrogens is 457 g/mol. The minimum atomic E-state index is -0.0644. The number of nitrogens with one attached hydrogen (secondary N) is 1. The number of fused-ring (bicyclic) bond motifs is 1. The number of hydrogen-bond acceptors (Lipinski definition) is 3. The standard InChI is InChI=1S/C26H21Cl2N3O2/c27-19-8-5-9-20(28)24(19)25-29-21-11-10-17(14-22(21)30-25)23(32)15-16-6-1-2-7-18(16)26(33)31-12-3-4-13-31/h1-2,5-11,14H,3-4,12-13,15H2,(H,29,30). The first-order valence-electron chi connectivity index (χ1n) is 10.9. The number of hydrogen-bond donors (Lipinski definition) is 1. The van der Waals surface area contributed by atoms with Crippen molar-refractivity contribution in [1.29, 1.82) is 0 Å². The number of aromatic amines is 1. The number of amides is 1. The number of nitrogens with zero attached hydrogens (tertiary/aromatic N) is 2. The van der Waals surface area contributed by atoms with Gasteiger partial charge in [0.25, 0.3) is 5.91 Å². The molecule has 0 bridgehead atoms. The van der Waals surface area contributed by atoms with Gasteiger partial charge in [-0.1, -0.05) is 47.5 Å². The number of benzene rings is 3. The first-order chi connectivity index (χ1) is 16.0. The minimum absolute atomic E-state index is 0.00109. The molecule has 0 unspecified atom stereocenters. The van der Waals surface area contributed by atoms with Crippen LogP contribution in [0.15, 0.2) is 60.7 Å². The normalized spacial score (nSPS) is 13.6. The molecule has 4 aromatic rings. The van der Waals surface area contributed by atoms with Crippen LogP contribution in [0.3, 0.4) is 0 Å². The van der Waals surface area contributed by atoms with Crippen molar-refractivity contribution in [2.75, 3.05) is 13.1 Å². The highest BCUT2D eigenvalue weighted by Crippen LogP contribution is 2.34. The van der Waals surface area contributed by atoms with Crippen LogP contribution in [-0.4, -0.2) is 39.6 Å². The van der Waals surface area contributed by atoms with Gasteiger partial charge in [-0.25, -0.2) is 4.98 Å². The molecule has 5 nitrogen and oxygen atoms in total. The van der Waals surface area contributed by atoms with Crippen LogP contribution >= 0.6 is 23.2 Å². The van der Waals surface area contributed by atoms with Crippen LogP contribution in [0.4, 0.5) is 0 Å². The molecule has 0 spiro atoms. The summed E-state index contributed by atoms with van der Waals surface area (Å²) in [5.41, 5.74) is 3.94. The lowest BCUT2D eigenvalue weighted by Gasteiger charge is -2.17. The van der Waals surface area contributed by atoms with Crippen LogP contribution < -0.4 is 0 Å². The quantitative estimate of drug-likeness (QED) is 0.348. The van der Waals surface area contributed by atoms with Gasteiger partial charge in [-0.15, -0.1) is 0 Å². The second kappa shape index (κ2) is 9.00. The molecule has 1 aliphatic heterocycles. The molecule has 33 heavy (non-hydrogen) atoms. The maximum atomic E-state index is 13.1. The molecule has 0 aliphatic carbocycles. The number of carbonyl (C=O) groups is 2. The van der Waals surface area contributed by atoms with E-state index in [1.165, 1.54) is 0 Å². The van der Waals surface area contributed by atoms with E-state index in [2.05, 4.69) is 9.97 Å². The Balaban J connectivity index is 1.42. The average Bonchev–Trinajstić information content (AvgIpc) is 3.48. The molecule has 5 rings (SSSR count). The SMILES string of the molecule is O=C(Cc1ccccc1C(=O)N1CCCC1)c1ccc2nc(-c3c(Cl)cccc3Cl)[nH]c2c1. The summed E-state index contributed by atoms with van der Waals surface area (Å²) in [6, 6.07) is 18.0. The van der Waals surface area contributed by atoms with Crippen LogP contribution in [0.25, 0.3) is 22.4 Å². The fraction of sp³-hybridized carbons (Fsp3) is 0.192. The zero-order chi connectivity index (χ0) is 22.9. The van der Waals surface area contributed by atoms with Gasteiger partial charge in [0.15, 0.2) is 5.78 Å². The van der Waals surface area contributed by atoms with Gasteiger partial charge in [-0.05, 0) is 54.8 Å². The summed E-state index contributed by atoms with van der Waals surface area (Å²) in [6.45, 7) is 1.55. The monoisotopic (exact) mass is 477 g/mol. The molecule has 1 amide bonds. The first kappa shape index (κ1) is 21.7. The summed E-state index contributed by atoms with van der Waals surface area (Å²) >= 11 is 12.6. The van der Waals surface area contributed by atoms with E-state index in [0.29, 0.717) is 43.6 Å². The van der Waals surface area contributed by atoms with E-state index in [1.54, 1.807) is 42.5 Å². The Labute approximate surface area is 201 Å². The fourth-order valence-electron chi connectivity index (χ4n) is 4.27. The smallest absolute Gasteiger partial charge is 0.254 e. The first-order valence-corrected chi connectivity index (χ1v) is 11.6. The Hall–Kier alpha value is -3.15. The molecule has 1 N–H and O–H groups in total. The van der Waals surface area contributed by atoms with E-state index >= 15 is 0 Å². The minimum Gasteiger partial charge on any atom is -0.339 e. The Morgan fingerprint density at radius 2 is 1.67 bits per heavy atom. The van der Waals surface area contributed by atoms with Gasteiger partial charge in [-0.2, -0.15) is 0 Å². The molecule has 1 aromatic heterocycles. The Kier molecular flexibility index (Phi) is 5.92. The summed E-state index contributed by atoms with van der Waals surface area (Å²) in [7, 11) is 0. The van der Waals surface area contributed by atoms with Crippen molar-refractivity contribution in [3.63, 3.8) is 0 Å². The number of carbonyl (C=O) groups excluding carboxylic acids is 2. The molecule has 1 fully saturated rings. The summed E-state index contributed by atoms with van der Waals surface area (Å²) in [6.07, 6.45) is 2.20. The van der Waals surface area contributed by atoms with E-state index in [0.717, 1.165) is 31.5 Å². The lowest BCUT2D eigenvalue weighted by molar-refractivity contribution is 0.0792. The van der Waals surface area contributed by atoms with Crippen LogP contribution in [0.2, 0.25) is 10.0 Å². The summed E-state index contributed by atoms with van der Waals surface area (Å²) in [5.74, 6) is 0.485. The molecule has 1 aliphatic rings. The van der Waals surface area contributed by atoms with E-state index in [-0.39, 0.29) is 18.1 Å². The van der Waals surface area contributed by atoms with E-state index < -0.39 is 0 Å². The van der Waals surface area contributed by atoms with E-state index in [1.807, 2.05) is 23.1 Å². The third-order valence-electron chi connectivity index (χ3n) is 6.00. The fourth-order valence-corrected chi connectivity index (χ4v) is 4.85. The Morgan fingerprint density at radius 3 is 2.42 bits per heavy atom. The third kappa shape index (κ3) is 4.26. The number of imidazole rings is 1. The molecule has 0 saturated carbocycles. The zero-order valence-electron chi connectivity index (χ0n) is 17.8. The van der Waals surface area contributed by atoms with Crippen molar-refractivity contribution in [1.82, 2.24) is 14.9 Å². The average molecular weight is 478 g/mol. The van der Waals surface area contributed by atoms with Crippen LogP contribution in [0.5, 0.6) is 0 Å². The van der Waals surface area contributed by atoms with Crippen molar-refractivity contribution >= 4 is 45.9 Å². The van der Waals surface area contributed by atoms with Crippen molar-refractivity contribution in [2.24, 2.45) is 0 Å². The summed E-state index contributed by atoms with van der Waals surface area (Å²) < 4.78 is 0. The Morgan fingerprint density at radius 1 is 0.939 bits per heavy atom. The van der Waals surface area contributed by atoms with Crippen molar-refractivity contribution in [3.05, 3.63) is 87.4 Å². The van der Waals surface area contributed by atoms with Crippen molar-refractivity contribution in [3.8, 4) is 11.4 Å². The predicted octanol–water partition coefficient (Wildman–Crippen LogP) is 6.20. The predicted molar refractivity (Wildman–Crippen MR) is 131 cm³/mol. The lowest BCUT2D eigenvalue weighted by atomic mass is 9.98. The highest BCUT2D eigenvalue weighted by molar-refractivity contribution is 6.39. The van der Waals surface area contributed by atoms with Gasteiger partial charge in [0, 0.05) is 30.6 Å². The second-order valence-electron chi connectivity index (χ2n) is 8.17. The number of aromatic nitrogens is 2. The van der Waals surface area contributed by atoms with Crippen molar-refractivity contribution < 1.29 is 9.59 Å². The molecule has 0 radical (unpaired) electrons. The van der Waals surface area contributed by atoms with Crippen LogP contribution in [-0.2, 0) is 6.42 Å². The number of likely N-dealkylation sites (tertiary alicyclic amines) is 1. The third-order valence-corrected chi connectivity index (χ3v) is 6.63.